The van der Waals surface area contributed by atoms with Crippen molar-refractivity contribution < 1.29 is 29.0 Å². The number of benzene rings is 1. The number of nitrogens with one attached hydrogen (secondary N) is 1. The van der Waals surface area contributed by atoms with Crippen LogP contribution in [0.15, 0.2) is 21.4 Å². The van der Waals surface area contributed by atoms with Crippen molar-refractivity contribution in [3.8, 4) is 17.4 Å². The summed E-state index contributed by atoms with van der Waals surface area (Å²) in [6, 6.07) is 3.14. The average Bonchev–Trinajstić information content (AvgIpc) is 2.64. The van der Waals surface area contributed by atoms with Gasteiger partial charge in [0.05, 0.1) is 19.1 Å². The molecular formula is C16H14BrN3O8. The summed E-state index contributed by atoms with van der Waals surface area (Å²) in [4.78, 5) is 38.3. The quantitative estimate of drug-likeness (QED) is 0.361. The van der Waals surface area contributed by atoms with Gasteiger partial charge >= 0.3 is 17.2 Å². The number of hydrogen-bond donors (Lipinski definition) is 2. The molecular weight excluding hydrogens is 442 g/mol. The number of carbonyl (C=O) groups excluding carboxylic acids is 1. The van der Waals surface area contributed by atoms with E-state index in [0.29, 0.717) is 15.8 Å². The summed E-state index contributed by atoms with van der Waals surface area (Å²) < 4.78 is 15.6. The van der Waals surface area contributed by atoms with Crippen LogP contribution < -0.4 is 15.0 Å². The first kappa shape index (κ1) is 20.9. The first-order valence-electron chi connectivity index (χ1n) is 7.49. The minimum absolute atomic E-state index is 0.0926. The fourth-order valence-corrected chi connectivity index (χ4v) is 2.49. The molecule has 1 aromatic carbocycles. The lowest BCUT2D eigenvalue weighted by molar-refractivity contribution is -0.387. The van der Waals surface area contributed by atoms with Crippen molar-refractivity contribution in [3.05, 3.63) is 48.5 Å². The second-order valence-electron chi connectivity index (χ2n) is 5.10. The Hall–Kier alpha value is -3.41. The van der Waals surface area contributed by atoms with Gasteiger partial charge in [-0.3, -0.25) is 14.9 Å². The minimum atomic E-state index is -1.08. The lowest BCUT2D eigenvalue weighted by atomic mass is 10.2. The number of carbonyl (C=O) groups is 1. The number of aromatic hydroxyl groups is 1. The van der Waals surface area contributed by atoms with E-state index < -0.39 is 28.0 Å². The molecule has 0 atom stereocenters. The van der Waals surface area contributed by atoms with Gasteiger partial charge in [0, 0.05) is 4.47 Å². The molecule has 1 heterocycles. The largest absolute Gasteiger partial charge is 0.493 e. The SMILES string of the molecule is COC(=O)COc1cc(Br)c(/C=C\c2nc(O)c([N+](=O)[O-])c(=O)[nH]2)cc1OC. The maximum Gasteiger partial charge on any atom is 0.395 e. The van der Waals surface area contributed by atoms with E-state index in [1.807, 2.05) is 0 Å². The van der Waals surface area contributed by atoms with E-state index in [0.717, 1.165) is 0 Å². The van der Waals surface area contributed by atoms with E-state index in [1.54, 1.807) is 12.1 Å². The van der Waals surface area contributed by atoms with Crippen LogP contribution in [0.2, 0.25) is 0 Å². The van der Waals surface area contributed by atoms with Gasteiger partial charge in [0.15, 0.2) is 18.1 Å². The average molecular weight is 456 g/mol. The Balaban J connectivity index is 2.32. The van der Waals surface area contributed by atoms with Crippen LogP contribution in [0.1, 0.15) is 11.4 Å². The highest BCUT2D eigenvalue weighted by molar-refractivity contribution is 9.10. The molecule has 0 aliphatic heterocycles. The van der Waals surface area contributed by atoms with Crippen LogP contribution >= 0.6 is 15.9 Å². The van der Waals surface area contributed by atoms with Crippen molar-refractivity contribution >= 4 is 39.7 Å². The van der Waals surface area contributed by atoms with Gasteiger partial charge in [-0.1, -0.05) is 22.0 Å². The van der Waals surface area contributed by atoms with Gasteiger partial charge in [-0.15, -0.1) is 0 Å². The molecule has 0 unspecified atom stereocenters. The van der Waals surface area contributed by atoms with Gasteiger partial charge in [-0.25, -0.2) is 4.79 Å². The van der Waals surface area contributed by atoms with Crippen LogP contribution in [0.25, 0.3) is 12.2 Å². The van der Waals surface area contributed by atoms with Crippen LogP contribution in [-0.2, 0) is 9.53 Å². The molecule has 0 bridgehead atoms. The molecule has 0 fully saturated rings. The molecule has 11 nitrogen and oxygen atoms in total. The summed E-state index contributed by atoms with van der Waals surface area (Å²) in [6.07, 6.45) is 2.85. The Morgan fingerprint density at radius 1 is 1.36 bits per heavy atom. The topological polar surface area (TPSA) is 154 Å². The fraction of sp³-hybridized carbons (Fsp3) is 0.188. The molecule has 12 heteroatoms. The molecule has 0 radical (unpaired) electrons. The Morgan fingerprint density at radius 3 is 2.64 bits per heavy atom. The normalized spacial score (nSPS) is 10.7. The van der Waals surface area contributed by atoms with E-state index in [2.05, 4.69) is 30.6 Å². The zero-order valence-electron chi connectivity index (χ0n) is 14.6. The molecule has 2 rings (SSSR count). The van der Waals surface area contributed by atoms with Crippen LogP contribution in [0.4, 0.5) is 5.69 Å². The van der Waals surface area contributed by atoms with E-state index >= 15 is 0 Å². The minimum Gasteiger partial charge on any atom is -0.493 e. The fourth-order valence-electron chi connectivity index (χ4n) is 2.03. The van der Waals surface area contributed by atoms with Crippen molar-refractivity contribution in [2.75, 3.05) is 20.8 Å². The number of esters is 1. The zero-order valence-corrected chi connectivity index (χ0v) is 16.2. The molecule has 1 aromatic heterocycles. The molecule has 2 N–H and O–H groups in total. The van der Waals surface area contributed by atoms with Crippen molar-refractivity contribution in [2.45, 2.75) is 0 Å². The smallest absolute Gasteiger partial charge is 0.395 e. The number of rotatable bonds is 7. The molecule has 0 spiro atoms. The second kappa shape index (κ2) is 8.99. The summed E-state index contributed by atoms with van der Waals surface area (Å²) in [6.45, 7) is -0.304. The summed E-state index contributed by atoms with van der Waals surface area (Å²) in [5.41, 5.74) is -1.55. The predicted molar refractivity (Wildman–Crippen MR) is 100 cm³/mol. The molecule has 0 aliphatic carbocycles. The standard InChI is InChI=1S/C16H14BrN3O8/c1-26-10-5-8(9(17)6-11(10)28-7-13(21)27-2)3-4-12-18-15(22)14(20(24)25)16(23)19-12/h3-6H,7H2,1-2H3,(H2,18,19,22,23)/b4-3-. The van der Waals surface area contributed by atoms with Gasteiger partial charge in [0.1, 0.15) is 5.82 Å². The first-order chi connectivity index (χ1) is 13.3. The highest BCUT2D eigenvalue weighted by Crippen LogP contribution is 2.34. The Bertz CT molecular complexity index is 1000. The summed E-state index contributed by atoms with van der Waals surface area (Å²) in [7, 11) is 2.65. The number of aromatic nitrogens is 2. The summed E-state index contributed by atoms with van der Waals surface area (Å²) >= 11 is 3.33. The predicted octanol–water partition coefficient (Wildman–Crippen LogP) is 1.88. The van der Waals surface area contributed by atoms with Gasteiger partial charge in [0.2, 0.25) is 0 Å². The lowest BCUT2D eigenvalue weighted by Crippen LogP contribution is -2.14. The Labute approximate surface area is 165 Å². The molecule has 28 heavy (non-hydrogen) atoms. The number of hydrogen-bond acceptors (Lipinski definition) is 9. The number of ether oxygens (including phenoxy) is 3. The monoisotopic (exact) mass is 455 g/mol. The van der Waals surface area contributed by atoms with Crippen molar-refractivity contribution in [2.24, 2.45) is 0 Å². The molecule has 0 saturated carbocycles. The number of nitro groups is 1. The second-order valence-corrected chi connectivity index (χ2v) is 5.96. The van der Waals surface area contributed by atoms with Crippen LogP contribution in [0.3, 0.4) is 0 Å². The summed E-state index contributed by atoms with van der Waals surface area (Å²) in [5, 5.41) is 20.2. The van der Waals surface area contributed by atoms with Gasteiger partial charge in [-0.05, 0) is 23.8 Å². The zero-order chi connectivity index (χ0) is 20.8. The molecule has 2 aromatic rings. The van der Waals surface area contributed by atoms with E-state index in [-0.39, 0.29) is 18.2 Å². The first-order valence-corrected chi connectivity index (χ1v) is 8.29. The number of aromatic amines is 1. The van der Waals surface area contributed by atoms with Gasteiger partial charge < -0.3 is 24.3 Å². The summed E-state index contributed by atoms with van der Waals surface area (Å²) in [5.74, 6) is -1.03. The number of methoxy groups -OCH3 is 2. The van der Waals surface area contributed by atoms with Crippen LogP contribution in [0.5, 0.6) is 17.4 Å². The van der Waals surface area contributed by atoms with Crippen molar-refractivity contribution in [1.82, 2.24) is 9.97 Å². The molecule has 148 valence electrons. The maximum absolute atomic E-state index is 11.7. The highest BCUT2D eigenvalue weighted by Gasteiger charge is 2.21. The molecule has 0 aliphatic rings. The number of H-pyrrole nitrogens is 1. The van der Waals surface area contributed by atoms with E-state index in [9.17, 15) is 24.8 Å². The lowest BCUT2D eigenvalue weighted by Gasteiger charge is -2.12. The number of nitrogens with zero attached hydrogens (tertiary/aromatic N) is 2. The van der Waals surface area contributed by atoms with E-state index in [4.69, 9.17) is 9.47 Å². The third-order valence-corrected chi connectivity index (χ3v) is 4.04. The van der Waals surface area contributed by atoms with E-state index in [1.165, 1.54) is 26.4 Å². The molecule has 0 saturated heterocycles. The Morgan fingerprint density at radius 2 is 2.07 bits per heavy atom. The van der Waals surface area contributed by atoms with Gasteiger partial charge in [0.25, 0.3) is 5.88 Å². The van der Waals surface area contributed by atoms with Crippen molar-refractivity contribution in [3.63, 3.8) is 0 Å². The van der Waals surface area contributed by atoms with Crippen molar-refractivity contribution in [1.29, 1.82) is 0 Å². The number of halogens is 1. The van der Waals surface area contributed by atoms with Crippen LogP contribution in [0, 0.1) is 10.1 Å². The van der Waals surface area contributed by atoms with Crippen LogP contribution in [-0.4, -0.2) is 46.8 Å². The highest BCUT2D eigenvalue weighted by atomic mass is 79.9. The third kappa shape index (κ3) is 4.85. The third-order valence-electron chi connectivity index (χ3n) is 3.35. The Kier molecular flexibility index (Phi) is 6.71. The van der Waals surface area contributed by atoms with Gasteiger partial charge in [-0.2, -0.15) is 4.98 Å². The molecule has 0 amide bonds. The maximum atomic E-state index is 11.7.